The standard InChI is InChI=1S/C13H17FN2O/c1-9(2)13(3,17)8-16-12-5-4-11(14)6-10(12)7-15/h4-6,9,16-17H,8H2,1-3H3. The van der Waals surface area contributed by atoms with Crippen molar-refractivity contribution in [2.45, 2.75) is 26.4 Å². The zero-order valence-electron chi connectivity index (χ0n) is 10.3. The van der Waals surface area contributed by atoms with Crippen molar-refractivity contribution in [3.8, 4) is 6.07 Å². The molecule has 17 heavy (non-hydrogen) atoms. The number of nitriles is 1. The lowest BCUT2D eigenvalue weighted by Gasteiger charge is -2.28. The first-order valence-corrected chi connectivity index (χ1v) is 5.52. The van der Waals surface area contributed by atoms with Crippen LogP contribution in [0.4, 0.5) is 10.1 Å². The van der Waals surface area contributed by atoms with Gasteiger partial charge in [0.2, 0.25) is 0 Å². The largest absolute Gasteiger partial charge is 0.388 e. The minimum atomic E-state index is -0.874. The molecule has 0 radical (unpaired) electrons. The summed E-state index contributed by atoms with van der Waals surface area (Å²) in [7, 11) is 0. The molecule has 0 fully saturated rings. The highest BCUT2D eigenvalue weighted by Crippen LogP contribution is 2.20. The number of nitrogens with one attached hydrogen (secondary N) is 1. The van der Waals surface area contributed by atoms with E-state index in [-0.39, 0.29) is 11.5 Å². The molecule has 0 saturated carbocycles. The summed E-state index contributed by atoms with van der Waals surface area (Å²) in [5.74, 6) is -0.358. The number of anilines is 1. The maximum Gasteiger partial charge on any atom is 0.124 e. The highest BCUT2D eigenvalue weighted by molar-refractivity contribution is 5.57. The summed E-state index contributed by atoms with van der Waals surface area (Å²) in [6, 6.07) is 5.88. The van der Waals surface area contributed by atoms with Crippen LogP contribution in [-0.4, -0.2) is 17.3 Å². The third kappa shape index (κ3) is 3.43. The topological polar surface area (TPSA) is 56.0 Å². The van der Waals surface area contributed by atoms with E-state index < -0.39 is 11.4 Å². The Balaban J connectivity index is 2.80. The fraction of sp³-hybridized carbons (Fsp3) is 0.462. The number of nitrogens with zero attached hydrogens (tertiary/aromatic N) is 1. The molecular formula is C13H17FN2O. The van der Waals surface area contributed by atoms with E-state index in [2.05, 4.69) is 5.32 Å². The zero-order valence-corrected chi connectivity index (χ0v) is 10.3. The van der Waals surface area contributed by atoms with Crippen LogP contribution in [0.15, 0.2) is 18.2 Å². The predicted octanol–water partition coefficient (Wildman–Crippen LogP) is 2.52. The second-order valence-electron chi connectivity index (χ2n) is 4.67. The fourth-order valence-corrected chi connectivity index (χ4v) is 1.24. The predicted molar refractivity (Wildman–Crippen MR) is 65.1 cm³/mol. The average molecular weight is 236 g/mol. The van der Waals surface area contributed by atoms with Gasteiger partial charge in [-0.3, -0.25) is 0 Å². The average Bonchev–Trinajstić information content (AvgIpc) is 2.27. The van der Waals surface area contributed by atoms with Gasteiger partial charge in [-0.1, -0.05) is 13.8 Å². The van der Waals surface area contributed by atoms with Gasteiger partial charge in [0.05, 0.1) is 16.9 Å². The highest BCUT2D eigenvalue weighted by atomic mass is 19.1. The Labute approximate surface area is 101 Å². The molecule has 1 unspecified atom stereocenters. The molecule has 0 amide bonds. The van der Waals surface area contributed by atoms with E-state index in [1.807, 2.05) is 19.9 Å². The van der Waals surface area contributed by atoms with E-state index in [0.29, 0.717) is 12.2 Å². The van der Waals surface area contributed by atoms with Gasteiger partial charge in [0.25, 0.3) is 0 Å². The van der Waals surface area contributed by atoms with E-state index in [4.69, 9.17) is 5.26 Å². The second kappa shape index (κ2) is 5.15. The van der Waals surface area contributed by atoms with Crippen LogP contribution in [0.25, 0.3) is 0 Å². The number of hydrogen-bond acceptors (Lipinski definition) is 3. The first-order valence-electron chi connectivity index (χ1n) is 5.52. The van der Waals surface area contributed by atoms with Gasteiger partial charge in [-0.2, -0.15) is 5.26 Å². The lowest BCUT2D eigenvalue weighted by molar-refractivity contribution is 0.0266. The molecule has 0 aliphatic rings. The Morgan fingerprint density at radius 3 is 2.71 bits per heavy atom. The van der Waals surface area contributed by atoms with Crippen molar-refractivity contribution in [1.82, 2.24) is 0 Å². The lowest BCUT2D eigenvalue weighted by atomic mass is 9.92. The molecule has 1 rings (SSSR count). The normalized spacial score (nSPS) is 14.2. The molecule has 4 heteroatoms. The Kier molecular flexibility index (Phi) is 4.08. The van der Waals surface area contributed by atoms with Crippen molar-refractivity contribution in [1.29, 1.82) is 5.26 Å². The summed E-state index contributed by atoms with van der Waals surface area (Å²) < 4.78 is 12.9. The van der Waals surface area contributed by atoms with Gasteiger partial charge in [-0.25, -0.2) is 4.39 Å². The van der Waals surface area contributed by atoms with Crippen molar-refractivity contribution < 1.29 is 9.50 Å². The van der Waals surface area contributed by atoms with Crippen LogP contribution >= 0.6 is 0 Å². The molecule has 0 saturated heterocycles. The van der Waals surface area contributed by atoms with Crippen molar-refractivity contribution in [2.24, 2.45) is 5.92 Å². The summed E-state index contributed by atoms with van der Waals surface area (Å²) in [5, 5.41) is 21.9. The number of halogens is 1. The quantitative estimate of drug-likeness (QED) is 0.844. The maximum atomic E-state index is 12.9. The molecule has 1 aromatic rings. The van der Waals surface area contributed by atoms with Crippen LogP contribution in [-0.2, 0) is 0 Å². The molecule has 3 nitrogen and oxygen atoms in total. The number of rotatable bonds is 4. The molecule has 0 aliphatic carbocycles. The Morgan fingerprint density at radius 1 is 1.53 bits per heavy atom. The molecule has 0 heterocycles. The first-order chi connectivity index (χ1) is 7.86. The van der Waals surface area contributed by atoms with Crippen LogP contribution < -0.4 is 5.32 Å². The third-order valence-corrected chi connectivity index (χ3v) is 2.98. The van der Waals surface area contributed by atoms with Crippen molar-refractivity contribution in [2.75, 3.05) is 11.9 Å². The molecule has 0 aliphatic heterocycles. The summed E-state index contributed by atoms with van der Waals surface area (Å²) in [4.78, 5) is 0. The van der Waals surface area contributed by atoms with E-state index in [1.165, 1.54) is 18.2 Å². The monoisotopic (exact) mass is 236 g/mol. The van der Waals surface area contributed by atoms with E-state index in [9.17, 15) is 9.50 Å². The number of aliphatic hydroxyl groups is 1. The van der Waals surface area contributed by atoms with E-state index in [0.717, 1.165) is 0 Å². The van der Waals surface area contributed by atoms with Crippen LogP contribution in [0, 0.1) is 23.1 Å². The molecule has 2 N–H and O–H groups in total. The Morgan fingerprint density at radius 2 is 2.18 bits per heavy atom. The first kappa shape index (κ1) is 13.5. The lowest BCUT2D eigenvalue weighted by Crippen LogP contribution is -2.38. The molecule has 1 aromatic carbocycles. The van der Waals surface area contributed by atoms with Crippen LogP contribution in [0.5, 0.6) is 0 Å². The highest BCUT2D eigenvalue weighted by Gasteiger charge is 2.24. The SMILES string of the molecule is CC(C)C(C)(O)CNc1ccc(F)cc1C#N. The molecule has 1 atom stereocenters. The van der Waals surface area contributed by atoms with Gasteiger partial charge in [0, 0.05) is 6.54 Å². The number of benzene rings is 1. The van der Waals surface area contributed by atoms with Crippen molar-refractivity contribution in [3.63, 3.8) is 0 Å². The van der Waals surface area contributed by atoms with Gasteiger partial charge < -0.3 is 10.4 Å². The van der Waals surface area contributed by atoms with Gasteiger partial charge in [0.15, 0.2) is 0 Å². The molecular weight excluding hydrogens is 219 g/mol. The smallest absolute Gasteiger partial charge is 0.124 e. The Hall–Kier alpha value is -1.60. The summed E-state index contributed by atoms with van der Waals surface area (Å²) >= 11 is 0. The van der Waals surface area contributed by atoms with Crippen molar-refractivity contribution in [3.05, 3.63) is 29.6 Å². The fourth-order valence-electron chi connectivity index (χ4n) is 1.24. The van der Waals surface area contributed by atoms with Gasteiger partial charge in [0.1, 0.15) is 11.9 Å². The van der Waals surface area contributed by atoms with E-state index >= 15 is 0 Å². The molecule has 0 spiro atoms. The maximum absolute atomic E-state index is 12.9. The van der Waals surface area contributed by atoms with Crippen LogP contribution in [0.3, 0.4) is 0 Å². The van der Waals surface area contributed by atoms with Gasteiger partial charge in [-0.05, 0) is 31.0 Å². The van der Waals surface area contributed by atoms with Crippen LogP contribution in [0.2, 0.25) is 0 Å². The summed E-state index contributed by atoms with van der Waals surface area (Å²) in [6.07, 6.45) is 0. The minimum absolute atomic E-state index is 0.0842. The molecule has 92 valence electrons. The number of hydrogen-bond donors (Lipinski definition) is 2. The molecule has 0 aromatic heterocycles. The molecule has 0 bridgehead atoms. The summed E-state index contributed by atoms with van der Waals surface area (Å²) in [5.41, 5.74) is -0.0967. The van der Waals surface area contributed by atoms with Crippen LogP contribution in [0.1, 0.15) is 26.3 Å². The second-order valence-corrected chi connectivity index (χ2v) is 4.67. The van der Waals surface area contributed by atoms with Gasteiger partial charge in [-0.15, -0.1) is 0 Å². The Bertz CT molecular complexity index is 436. The van der Waals surface area contributed by atoms with Gasteiger partial charge >= 0.3 is 0 Å². The van der Waals surface area contributed by atoms with E-state index in [1.54, 1.807) is 6.92 Å². The third-order valence-electron chi connectivity index (χ3n) is 2.98. The zero-order chi connectivity index (χ0) is 13.1. The summed E-state index contributed by atoms with van der Waals surface area (Å²) in [6.45, 7) is 5.86. The van der Waals surface area contributed by atoms with Crippen molar-refractivity contribution >= 4 is 5.69 Å². The minimum Gasteiger partial charge on any atom is -0.388 e.